The number of carbonyl (C=O) groups is 2. The summed E-state index contributed by atoms with van der Waals surface area (Å²) in [6.45, 7) is 6.41. The van der Waals surface area contributed by atoms with Gasteiger partial charge in [-0.2, -0.15) is 0 Å². The van der Waals surface area contributed by atoms with Gasteiger partial charge in [-0.05, 0) is 60.1 Å². The predicted molar refractivity (Wildman–Crippen MR) is 124 cm³/mol. The maximum atomic E-state index is 12.5. The van der Waals surface area contributed by atoms with Gasteiger partial charge in [0.15, 0.2) is 11.7 Å². The summed E-state index contributed by atoms with van der Waals surface area (Å²) in [5.74, 6) is 0.681. The second-order valence-corrected chi connectivity index (χ2v) is 7.90. The maximum Gasteiger partial charge on any atom is 0.264 e. The van der Waals surface area contributed by atoms with Crippen LogP contribution in [-0.4, -0.2) is 54.7 Å². The van der Waals surface area contributed by atoms with E-state index in [4.69, 9.17) is 21.7 Å². The van der Waals surface area contributed by atoms with Crippen LogP contribution in [0.5, 0.6) is 5.75 Å². The molecule has 0 radical (unpaired) electrons. The van der Waals surface area contributed by atoms with E-state index in [2.05, 4.69) is 24.5 Å². The van der Waals surface area contributed by atoms with Crippen molar-refractivity contribution in [3.63, 3.8) is 0 Å². The van der Waals surface area contributed by atoms with Gasteiger partial charge in [-0.3, -0.25) is 14.9 Å². The molecule has 31 heavy (non-hydrogen) atoms. The largest absolute Gasteiger partial charge is 0.484 e. The minimum absolute atomic E-state index is 0.0238. The van der Waals surface area contributed by atoms with Gasteiger partial charge in [0.2, 0.25) is 0 Å². The molecule has 2 aromatic rings. The van der Waals surface area contributed by atoms with Crippen molar-refractivity contribution in [2.24, 2.45) is 0 Å². The molecule has 0 bridgehead atoms. The first kappa shape index (κ1) is 22.7. The van der Waals surface area contributed by atoms with Crippen LogP contribution in [0, 0.1) is 0 Å². The van der Waals surface area contributed by atoms with Gasteiger partial charge >= 0.3 is 0 Å². The van der Waals surface area contributed by atoms with E-state index in [1.807, 2.05) is 24.3 Å². The molecule has 2 amide bonds. The number of rotatable bonds is 6. The summed E-state index contributed by atoms with van der Waals surface area (Å²) < 4.78 is 10.8. The zero-order valence-electron chi connectivity index (χ0n) is 17.7. The Morgan fingerprint density at radius 1 is 1.06 bits per heavy atom. The van der Waals surface area contributed by atoms with Gasteiger partial charge < -0.3 is 19.7 Å². The lowest BCUT2D eigenvalue weighted by Gasteiger charge is -2.26. The van der Waals surface area contributed by atoms with Crippen molar-refractivity contribution < 1.29 is 19.1 Å². The topological polar surface area (TPSA) is 79.9 Å². The second-order valence-electron chi connectivity index (χ2n) is 7.50. The summed E-state index contributed by atoms with van der Waals surface area (Å²) in [6, 6.07) is 14.6. The third kappa shape index (κ3) is 6.77. The maximum absolute atomic E-state index is 12.5. The summed E-state index contributed by atoms with van der Waals surface area (Å²) in [7, 11) is 0. The molecule has 1 aliphatic rings. The number of amides is 2. The first-order chi connectivity index (χ1) is 14.9. The quantitative estimate of drug-likeness (QED) is 0.671. The first-order valence-corrected chi connectivity index (χ1v) is 10.6. The molecular formula is C23H27N3O4S. The molecule has 0 unspecified atom stereocenters. The molecule has 1 fully saturated rings. The second kappa shape index (κ2) is 10.9. The highest BCUT2D eigenvalue weighted by atomic mass is 32.1. The zero-order chi connectivity index (χ0) is 22.2. The Hall–Kier alpha value is -2.97. The Bertz CT molecular complexity index is 907. The van der Waals surface area contributed by atoms with Crippen LogP contribution in [0.15, 0.2) is 48.5 Å². The van der Waals surface area contributed by atoms with Crippen molar-refractivity contribution in [3.05, 3.63) is 59.7 Å². The predicted octanol–water partition coefficient (Wildman–Crippen LogP) is 3.17. The van der Waals surface area contributed by atoms with E-state index in [0.717, 1.165) is 0 Å². The molecule has 0 atom stereocenters. The number of thiocarbonyl (C=S) groups is 1. The smallest absolute Gasteiger partial charge is 0.264 e. The van der Waals surface area contributed by atoms with E-state index in [1.165, 1.54) is 5.56 Å². The molecule has 0 spiro atoms. The van der Waals surface area contributed by atoms with Crippen LogP contribution in [0.3, 0.4) is 0 Å². The third-order valence-corrected chi connectivity index (χ3v) is 5.06. The number of hydrogen-bond acceptors (Lipinski definition) is 5. The molecule has 0 saturated carbocycles. The van der Waals surface area contributed by atoms with Crippen molar-refractivity contribution in [2.45, 2.75) is 19.8 Å². The van der Waals surface area contributed by atoms with Crippen LogP contribution >= 0.6 is 12.2 Å². The Kier molecular flexibility index (Phi) is 7.97. The van der Waals surface area contributed by atoms with Crippen molar-refractivity contribution in [1.82, 2.24) is 10.2 Å². The van der Waals surface area contributed by atoms with Crippen LogP contribution in [0.2, 0.25) is 0 Å². The summed E-state index contributed by atoms with van der Waals surface area (Å²) in [6.07, 6.45) is 0. The number of ether oxygens (including phenoxy) is 2. The Balaban J connectivity index is 1.44. The van der Waals surface area contributed by atoms with Gasteiger partial charge in [-0.1, -0.05) is 26.0 Å². The molecule has 0 aromatic heterocycles. The standard InChI is InChI=1S/C23H27N3O4S/c1-16(2)17-5-9-20(10-6-17)30-15-21(27)25-23(31)24-19-7-3-18(4-8-19)22(28)26-11-13-29-14-12-26/h3-10,16H,11-15H2,1-2H3,(H2,24,25,27,31). The van der Waals surface area contributed by atoms with E-state index in [9.17, 15) is 9.59 Å². The van der Waals surface area contributed by atoms with Crippen molar-refractivity contribution in [1.29, 1.82) is 0 Å². The van der Waals surface area contributed by atoms with Crippen LogP contribution in [0.1, 0.15) is 35.7 Å². The summed E-state index contributed by atoms with van der Waals surface area (Å²) in [5, 5.41) is 5.68. The molecule has 0 aliphatic carbocycles. The Morgan fingerprint density at radius 2 is 1.71 bits per heavy atom. The zero-order valence-corrected chi connectivity index (χ0v) is 18.5. The lowest BCUT2D eigenvalue weighted by molar-refractivity contribution is -0.121. The molecule has 1 heterocycles. The van der Waals surface area contributed by atoms with Gasteiger partial charge in [-0.25, -0.2) is 0 Å². The fourth-order valence-electron chi connectivity index (χ4n) is 3.07. The van der Waals surface area contributed by atoms with Gasteiger partial charge in [0, 0.05) is 24.3 Å². The summed E-state index contributed by atoms with van der Waals surface area (Å²) in [4.78, 5) is 26.3. The van der Waals surface area contributed by atoms with Gasteiger partial charge in [-0.15, -0.1) is 0 Å². The molecule has 164 valence electrons. The average Bonchev–Trinajstić information content (AvgIpc) is 2.78. The van der Waals surface area contributed by atoms with Crippen LogP contribution < -0.4 is 15.4 Å². The molecule has 1 aliphatic heterocycles. The molecule has 2 N–H and O–H groups in total. The van der Waals surface area contributed by atoms with Gasteiger partial charge in [0.1, 0.15) is 5.75 Å². The number of hydrogen-bond donors (Lipinski definition) is 2. The van der Waals surface area contributed by atoms with E-state index in [-0.39, 0.29) is 23.5 Å². The fraction of sp³-hybridized carbons (Fsp3) is 0.348. The van der Waals surface area contributed by atoms with Crippen LogP contribution in [0.4, 0.5) is 5.69 Å². The number of nitrogens with zero attached hydrogens (tertiary/aromatic N) is 1. The van der Waals surface area contributed by atoms with Crippen molar-refractivity contribution in [3.8, 4) is 5.75 Å². The minimum atomic E-state index is -0.357. The number of carbonyl (C=O) groups excluding carboxylic acids is 2. The Morgan fingerprint density at radius 3 is 2.32 bits per heavy atom. The monoisotopic (exact) mass is 441 g/mol. The van der Waals surface area contributed by atoms with E-state index < -0.39 is 0 Å². The lowest BCUT2D eigenvalue weighted by Crippen LogP contribution is -2.40. The normalized spacial score (nSPS) is 13.6. The Labute approximate surface area is 187 Å². The highest BCUT2D eigenvalue weighted by molar-refractivity contribution is 7.80. The number of anilines is 1. The minimum Gasteiger partial charge on any atom is -0.484 e. The van der Waals surface area contributed by atoms with Crippen LogP contribution in [0.25, 0.3) is 0 Å². The molecule has 1 saturated heterocycles. The first-order valence-electron chi connectivity index (χ1n) is 10.2. The van der Waals surface area contributed by atoms with Crippen molar-refractivity contribution in [2.75, 3.05) is 38.2 Å². The SMILES string of the molecule is CC(C)c1ccc(OCC(=O)NC(=S)Nc2ccc(C(=O)N3CCOCC3)cc2)cc1. The van der Waals surface area contributed by atoms with E-state index in [0.29, 0.717) is 49.2 Å². The molecular weight excluding hydrogens is 414 g/mol. The highest BCUT2D eigenvalue weighted by Crippen LogP contribution is 2.18. The highest BCUT2D eigenvalue weighted by Gasteiger charge is 2.18. The molecule has 3 rings (SSSR count). The van der Waals surface area contributed by atoms with E-state index >= 15 is 0 Å². The van der Waals surface area contributed by atoms with Gasteiger partial charge in [0.25, 0.3) is 11.8 Å². The fourth-order valence-corrected chi connectivity index (χ4v) is 3.30. The van der Waals surface area contributed by atoms with Gasteiger partial charge in [0.05, 0.1) is 13.2 Å². The lowest BCUT2D eigenvalue weighted by atomic mass is 10.0. The molecule has 7 nitrogen and oxygen atoms in total. The number of morpholine rings is 1. The molecule has 8 heteroatoms. The summed E-state index contributed by atoms with van der Waals surface area (Å²) >= 11 is 5.19. The van der Waals surface area contributed by atoms with Crippen LogP contribution in [-0.2, 0) is 9.53 Å². The molecule has 2 aromatic carbocycles. The average molecular weight is 442 g/mol. The van der Waals surface area contributed by atoms with Crippen molar-refractivity contribution >= 4 is 34.8 Å². The number of benzene rings is 2. The summed E-state index contributed by atoms with van der Waals surface area (Å²) in [5.41, 5.74) is 2.48. The van der Waals surface area contributed by atoms with E-state index in [1.54, 1.807) is 29.2 Å². The third-order valence-electron chi connectivity index (χ3n) is 4.86. The number of nitrogens with one attached hydrogen (secondary N) is 2.